The van der Waals surface area contributed by atoms with Gasteiger partial charge in [0.2, 0.25) is 15.9 Å². The van der Waals surface area contributed by atoms with Crippen LogP contribution in [0.3, 0.4) is 0 Å². The Labute approximate surface area is 199 Å². The van der Waals surface area contributed by atoms with Crippen LogP contribution >= 0.6 is 0 Å². The van der Waals surface area contributed by atoms with Gasteiger partial charge < -0.3 is 9.32 Å². The van der Waals surface area contributed by atoms with Gasteiger partial charge in [-0.2, -0.15) is 4.31 Å². The zero-order chi connectivity index (χ0) is 24.3. The molecule has 1 amide bonds. The second-order valence-electron chi connectivity index (χ2n) is 8.35. The van der Waals surface area contributed by atoms with E-state index in [0.29, 0.717) is 36.7 Å². The zero-order valence-corrected chi connectivity index (χ0v) is 20.0. The largest absolute Gasteiger partial charge is 0.441 e. The minimum atomic E-state index is -3.68. The molecule has 0 spiro atoms. The maximum absolute atomic E-state index is 12.9. The van der Waals surface area contributed by atoms with Crippen LogP contribution in [0.5, 0.6) is 0 Å². The minimum absolute atomic E-state index is 0.0575. The van der Waals surface area contributed by atoms with Crippen molar-refractivity contribution in [2.45, 2.75) is 31.6 Å². The molecule has 0 bridgehead atoms. The van der Waals surface area contributed by atoms with Gasteiger partial charge in [0.15, 0.2) is 17.4 Å². The van der Waals surface area contributed by atoms with E-state index in [0.717, 1.165) is 11.1 Å². The molecule has 0 radical (unpaired) electrons. The monoisotopic (exact) mass is 481 g/mol. The molecule has 0 aliphatic carbocycles. The summed E-state index contributed by atoms with van der Waals surface area (Å²) in [6, 6.07) is 13.9. The van der Waals surface area contributed by atoms with E-state index in [-0.39, 0.29) is 36.1 Å². The summed E-state index contributed by atoms with van der Waals surface area (Å²) in [6.45, 7) is 4.54. The van der Waals surface area contributed by atoms with Gasteiger partial charge in [0.05, 0.1) is 11.1 Å². The molecule has 0 unspecified atom stereocenters. The fourth-order valence-electron chi connectivity index (χ4n) is 3.84. The van der Waals surface area contributed by atoms with Crippen molar-refractivity contribution in [3.05, 3.63) is 71.7 Å². The number of aryl methyl sites for hydroxylation is 2. The van der Waals surface area contributed by atoms with Crippen molar-refractivity contribution in [1.29, 1.82) is 0 Å². The Balaban J connectivity index is 1.30. The first-order valence-corrected chi connectivity index (χ1v) is 12.6. The summed E-state index contributed by atoms with van der Waals surface area (Å²) in [7, 11) is -3.68. The number of amides is 1. The van der Waals surface area contributed by atoms with Gasteiger partial charge in [0.1, 0.15) is 0 Å². The lowest BCUT2D eigenvalue weighted by Gasteiger charge is -2.34. The van der Waals surface area contributed by atoms with Crippen molar-refractivity contribution in [2.75, 3.05) is 26.2 Å². The predicted octanol–water partition coefficient (Wildman–Crippen LogP) is 3.32. The number of hydrogen-bond acceptors (Lipinski definition) is 6. The van der Waals surface area contributed by atoms with E-state index in [1.165, 1.54) is 35.5 Å². The summed E-state index contributed by atoms with van der Waals surface area (Å²) in [4.78, 5) is 30.2. The number of Topliss-reactive ketones (excluding diaryl/α,β-unsaturated/α-hetero) is 1. The lowest BCUT2D eigenvalue weighted by molar-refractivity contribution is -0.132. The number of oxazole rings is 1. The molecule has 3 aromatic rings. The number of aromatic nitrogens is 1. The smallest absolute Gasteiger partial charge is 0.243 e. The second-order valence-corrected chi connectivity index (χ2v) is 10.3. The highest BCUT2D eigenvalue weighted by molar-refractivity contribution is 7.89. The quantitative estimate of drug-likeness (QED) is 0.480. The maximum Gasteiger partial charge on any atom is 0.243 e. The topological polar surface area (TPSA) is 101 Å². The Hall–Kier alpha value is -3.30. The number of ketones is 1. The molecule has 0 N–H and O–H groups in total. The molecular formula is C25H27N3O5S. The van der Waals surface area contributed by atoms with E-state index in [4.69, 9.17) is 4.42 Å². The van der Waals surface area contributed by atoms with E-state index in [1.807, 2.05) is 31.2 Å². The van der Waals surface area contributed by atoms with Crippen LogP contribution in [0.15, 0.2) is 64.0 Å². The van der Waals surface area contributed by atoms with Gasteiger partial charge in [0, 0.05) is 50.1 Å². The van der Waals surface area contributed by atoms with Crippen LogP contribution in [0.25, 0.3) is 11.3 Å². The Bertz CT molecular complexity index is 1270. The molecule has 1 aromatic heterocycles. The van der Waals surface area contributed by atoms with Crippen molar-refractivity contribution >= 4 is 21.7 Å². The molecule has 1 aliphatic heterocycles. The summed E-state index contributed by atoms with van der Waals surface area (Å²) in [5, 5.41) is 0. The number of hydrogen-bond donors (Lipinski definition) is 0. The summed E-state index contributed by atoms with van der Waals surface area (Å²) < 4.78 is 33.0. The normalized spacial score (nSPS) is 14.8. The summed E-state index contributed by atoms with van der Waals surface area (Å²) in [6.07, 6.45) is 2.29. The molecule has 1 fully saturated rings. The molecule has 8 nitrogen and oxygen atoms in total. The number of carbonyl (C=O) groups is 2. The maximum atomic E-state index is 12.9. The first-order valence-electron chi connectivity index (χ1n) is 11.1. The second kappa shape index (κ2) is 9.90. The highest BCUT2D eigenvalue weighted by atomic mass is 32.2. The van der Waals surface area contributed by atoms with Crippen LogP contribution in [-0.2, 0) is 21.2 Å². The Morgan fingerprint density at radius 2 is 1.62 bits per heavy atom. The fraction of sp³-hybridized carbons (Fsp3) is 0.320. The van der Waals surface area contributed by atoms with Gasteiger partial charge in [-0.3, -0.25) is 9.59 Å². The van der Waals surface area contributed by atoms with E-state index in [2.05, 4.69) is 4.98 Å². The molecule has 178 valence electrons. The first kappa shape index (κ1) is 23.8. The average Bonchev–Trinajstić information content (AvgIpc) is 3.32. The van der Waals surface area contributed by atoms with Crippen molar-refractivity contribution < 1.29 is 22.4 Å². The van der Waals surface area contributed by atoms with Crippen LogP contribution in [-0.4, -0.2) is 60.5 Å². The SMILES string of the molecule is CC(=O)c1ccc(S(=O)(=O)N2CCN(C(=O)CCc3ncc(-c4ccc(C)cc4)o3)CC2)cc1. The van der Waals surface area contributed by atoms with Gasteiger partial charge in [0.25, 0.3) is 0 Å². The lowest BCUT2D eigenvalue weighted by Crippen LogP contribution is -2.50. The number of rotatable bonds is 7. The Morgan fingerprint density at radius 3 is 2.24 bits per heavy atom. The number of benzene rings is 2. The van der Waals surface area contributed by atoms with Gasteiger partial charge in [-0.05, 0) is 26.0 Å². The van der Waals surface area contributed by atoms with Crippen molar-refractivity contribution in [2.24, 2.45) is 0 Å². The van der Waals surface area contributed by atoms with E-state index >= 15 is 0 Å². The zero-order valence-electron chi connectivity index (χ0n) is 19.2. The molecule has 1 saturated heterocycles. The standard InChI is InChI=1S/C25H27N3O5S/c1-18-3-5-21(6-4-18)23-17-26-24(33-23)11-12-25(30)27-13-15-28(16-14-27)34(31,32)22-9-7-20(8-10-22)19(2)29/h3-10,17H,11-16H2,1-2H3. The van der Waals surface area contributed by atoms with Gasteiger partial charge in [-0.1, -0.05) is 42.0 Å². The van der Waals surface area contributed by atoms with Crippen molar-refractivity contribution in [3.63, 3.8) is 0 Å². The van der Waals surface area contributed by atoms with Gasteiger partial charge >= 0.3 is 0 Å². The Morgan fingerprint density at radius 1 is 0.971 bits per heavy atom. The predicted molar refractivity (Wildman–Crippen MR) is 127 cm³/mol. The number of sulfonamides is 1. The highest BCUT2D eigenvalue weighted by Crippen LogP contribution is 2.22. The Kier molecular flexibility index (Phi) is 6.95. The summed E-state index contributed by atoms with van der Waals surface area (Å²) in [5.74, 6) is 0.988. The van der Waals surface area contributed by atoms with Gasteiger partial charge in [-0.25, -0.2) is 13.4 Å². The highest BCUT2D eigenvalue weighted by Gasteiger charge is 2.30. The average molecular weight is 482 g/mol. The molecule has 0 saturated carbocycles. The van der Waals surface area contributed by atoms with E-state index in [1.54, 1.807) is 11.1 Å². The molecular weight excluding hydrogens is 454 g/mol. The van der Waals surface area contributed by atoms with Gasteiger partial charge in [-0.15, -0.1) is 0 Å². The molecule has 2 heterocycles. The fourth-order valence-corrected chi connectivity index (χ4v) is 5.26. The number of piperazine rings is 1. The van der Waals surface area contributed by atoms with Crippen LogP contribution in [0, 0.1) is 6.92 Å². The molecule has 34 heavy (non-hydrogen) atoms. The van der Waals surface area contributed by atoms with Crippen molar-refractivity contribution in [1.82, 2.24) is 14.2 Å². The third-order valence-corrected chi connectivity index (χ3v) is 7.85. The summed E-state index contributed by atoms with van der Waals surface area (Å²) in [5.41, 5.74) is 2.56. The number of nitrogens with zero attached hydrogens (tertiary/aromatic N) is 3. The van der Waals surface area contributed by atoms with Crippen LogP contribution in [0.2, 0.25) is 0 Å². The lowest BCUT2D eigenvalue weighted by atomic mass is 10.1. The number of carbonyl (C=O) groups excluding carboxylic acids is 2. The molecule has 0 atom stereocenters. The molecule has 2 aromatic carbocycles. The third-order valence-electron chi connectivity index (χ3n) is 5.93. The molecule has 1 aliphatic rings. The summed E-state index contributed by atoms with van der Waals surface area (Å²) >= 11 is 0. The van der Waals surface area contributed by atoms with Crippen LogP contribution in [0.1, 0.15) is 35.2 Å². The van der Waals surface area contributed by atoms with E-state index < -0.39 is 10.0 Å². The minimum Gasteiger partial charge on any atom is -0.441 e. The third kappa shape index (κ3) is 5.26. The van der Waals surface area contributed by atoms with E-state index in [9.17, 15) is 18.0 Å². The molecule has 9 heteroatoms. The molecule has 4 rings (SSSR count). The first-order chi connectivity index (χ1) is 16.2. The van der Waals surface area contributed by atoms with Crippen LogP contribution < -0.4 is 0 Å². The van der Waals surface area contributed by atoms with Crippen molar-refractivity contribution in [3.8, 4) is 11.3 Å². The van der Waals surface area contributed by atoms with Crippen LogP contribution in [0.4, 0.5) is 0 Å².